The zero-order valence-corrected chi connectivity index (χ0v) is 6.23. The van der Waals surface area contributed by atoms with E-state index in [4.69, 9.17) is 0 Å². The molecule has 0 radical (unpaired) electrons. The topological polar surface area (TPSA) is 0 Å². The Morgan fingerprint density at radius 3 is 2.08 bits per heavy atom. The molecule has 0 amide bonds. The fourth-order valence-electron chi connectivity index (χ4n) is 0.804. The molecule has 12 heavy (non-hydrogen) atoms. The summed E-state index contributed by atoms with van der Waals surface area (Å²) in [6.07, 6.45) is 0. The van der Waals surface area contributed by atoms with Crippen LogP contribution in [-0.4, -0.2) is 0 Å². The van der Waals surface area contributed by atoms with Gasteiger partial charge in [0, 0.05) is 5.56 Å². The third kappa shape index (κ3) is 1.49. The van der Waals surface area contributed by atoms with Gasteiger partial charge in [-0.25, -0.2) is 4.39 Å². The second kappa shape index (κ2) is 3.01. The Labute approximate surface area is 68.3 Å². The summed E-state index contributed by atoms with van der Waals surface area (Å²) in [6.45, 7) is 2.59. The van der Waals surface area contributed by atoms with E-state index < -0.39 is 11.7 Å². The molecule has 0 N–H and O–H groups in total. The van der Waals surface area contributed by atoms with Crippen LogP contribution in [0.1, 0.15) is 5.56 Å². The number of rotatable bonds is 2. The van der Waals surface area contributed by atoms with Crippen molar-refractivity contribution in [2.75, 3.05) is 0 Å². The molecule has 0 heterocycles. The van der Waals surface area contributed by atoms with Crippen LogP contribution in [0, 0.1) is 0 Å². The van der Waals surface area contributed by atoms with Gasteiger partial charge in [-0.2, -0.15) is 8.78 Å². The Bertz CT molecular complexity index is 277. The highest BCUT2D eigenvalue weighted by Crippen LogP contribution is 2.34. The molecule has 0 atom stereocenters. The quantitative estimate of drug-likeness (QED) is 0.642. The largest absolute Gasteiger partial charge is 0.323 e. The van der Waals surface area contributed by atoms with Crippen molar-refractivity contribution in [3.8, 4) is 0 Å². The predicted octanol–water partition coefficient (Wildman–Crippen LogP) is 3.26. The van der Waals surface area contributed by atoms with Crippen molar-refractivity contribution in [1.29, 1.82) is 0 Å². The maximum Gasteiger partial charge on any atom is 0.323 e. The molecule has 0 aliphatic carbocycles. The van der Waals surface area contributed by atoms with Crippen LogP contribution in [0.15, 0.2) is 42.7 Å². The van der Waals surface area contributed by atoms with E-state index in [1.807, 2.05) is 0 Å². The standard InChI is InChI=1S/C9H7F3/c1-7(10)9(11,12)8-5-3-2-4-6-8/h2-6H,1H2. The van der Waals surface area contributed by atoms with E-state index in [0.29, 0.717) is 0 Å². The normalized spacial score (nSPS) is 11.2. The van der Waals surface area contributed by atoms with Gasteiger partial charge in [0.1, 0.15) is 0 Å². The molecule has 0 nitrogen and oxygen atoms in total. The van der Waals surface area contributed by atoms with Gasteiger partial charge in [0.05, 0.1) is 0 Å². The monoisotopic (exact) mass is 172 g/mol. The van der Waals surface area contributed by atoms with Crippen molar-refractivity contribution < 1.29 is 13.2 Å². The molecule has 0 saturated carbocycles. The lowest BCUT2D eigenvalue weighted by molar-refractivity contribution is 0.0145. The van der Waals surface area contributed by atoms with Crippen LogP contribution in [0.2, 0.25) is 0 Å². The van der Waals surface area contributed by atoms with Crippen molar-refractivity contribution in [3.05, 3.63) is 48.3 Å². The van der Waals surface area contributed by atoms with Gasteiger partial charge in [-0.15, -0.1) is 0 Å². The number of halogens is 3. The molecule has 3 heteroatoms. The van der Waals surface area contributed by atoms with E-state index in [9.17, 15) is 13.2 Å². The molecule has 0 saturated heterocycles. The molecular weight excluding hydrogens is 165 g/mol. The first kappa shape index (κ1) is 8.84. The first-order valence-electron chi connectivity index (χ1n) is 3.33. The minimum Gasteiger partial charge on any atom is -0.205 e. The van der Waals surface area contributed by atoms with Crippen LogP contribution in [0.3, 0.4) is 0 Å². The summed E-state index contributed by atoms with van der Waals surface area (Å²) < 4.78 is 37.8. The Kier molecular flexibility index (Phi) is 2.22. The Morgan fingerprint density at radius 1 is 1.17 bits per heavy atom. The second-order valence-electron chi connectivity index (χ2n) is 2.35. The molecular formula is C9H7F3. The van der Waals surface area contributed by atoms with Crippen LogP contribution in [0.4, 0.5) is 13.2 Å². The minimum absolute atomic E-state index is 0.377. The Morgan fingerprint density at radius 2 is 1.67 bits per heavy atom. The van der Waals surface area contributed by atoms with Crippen LogP contribution >= 0.6 is 0 Å². The highest BCUT2D eigenvalue weighted by molar-refractivity contribution is 5.25. The molecule has 0 aliphatic rings. The first-order chi connectivity index (χ1) is 5.55. The molecule has 0 bridgehead atoms. The highest BCUT2D eigenvalue weighted by Gasteiger charge is 2.35. The fourth-order valence-corrected chi connectivity index (χ4v) is 0.804. The number of allylic oxidation sites excluding steroid dienone is 1. The van der Waals surface area contributed by atoms with Crippen LogP contribution < -0.4 is 0 Å². The van der Waals surface area contributed by atoms with E-state index >= 15 is 0 Å². The summed E-state index contributed by atoms with van der Waals surface area (Å²) in [5.41, 5.74) is -0.377. The summed E-state index contributed by atoms with van der Waals surface area (Å²) in [6, 6.07) is 6.74. The number of alkyl halides is 2. The van der Waals surface area contributed by atoms with Gasteiger partial charge >= 0.3 is 5.92 Å². The molecule has 0 unspecified atom stereocenters. The van der Waals surface area contributed by atoms with Crippen molar-refractivity contribution in [2.45, 2.75) is 5.92 Å². The van der Waals surface area contributed by atoms with E-state index in [1.165, 1.54) is 12.1 Å². The lowest BCUT2D eigenvalue weighted by atomic mass is 10.1. The van der Waals surface area contributed by atoms with Gasteiger partial charge in [-0.3, -0.25) is 0 Å². The van der Waals surface area contributed by atoms with E-state index in [0.717, 1.165) is 12.1 Å². The van der Waals surface area contributed by atoms with Gasteiger partial charge in [0.15, 0.2) is 5.83 Å². The summed E-state index contributed by atoms with van der Waals surface area (Å²) in [5, 5.41) is 0. The third-order valence-corrected chi connectivity index (χ3v) is 1.48. The zero-order chi connectivity index (χ0) is 9.19. The molecule has 64 valence electrons. The highest BCUT2D eigenvalue weighted by atomic mass is 19.3. The Hall–Kier alpha value is -1.25. The van der Waals surface area contributed by atoms with E-state index in [1.54, 1.807) is 6.07 Å². The van der Waals surface area contributed by atoms with E-state index in [-0.39, 0.29) is 5.56 Å². The smallest absolute Gasteiger partial charge is 0.205 e. The van der Waals surface area contributed by atoms with E-state index in [2.05, 4.69) is 6.58 Å². The van der Waals surface area contributed by atoms with Gasteiger partial charge < -0.3 is 0 Å². The van der Waals surface area contributed by atoms with Crippen LogP contribution in [0.25, 0.3) is 0 Å². The van der Waals surface area contributed by atoms with Crippen molar-refractivity contribution in [1.82, 2.24) is 0 Å². The Balaban J connectivity index is 3.06. The van der Waals surface area contributed by atoms with Gasteiger partial charge in [0.2, 0.25) is 0 Å². The number of benzene rings is 1. The first-order valence-corrected chi connectivity index (χ1v) is 3.33. The number of hydrogen-bond acceptors (Lipinski definition) is 0. The van der Waals surface area contributed by atoms with Gasteiger partial charge in [0.25, 0.3) is 0 Å². The van der Waals surface area contributed by atoms with Crippen molar-refractivity contribution in [3.63, 3.8) is 0 Å². The maximum absolute atomic E-state index is 12.8. The second-order valence-corrected chi connectivity index (χ2v) is 2.35. The summed E-state index contributed by atoms with van der Waals surface area (Å²) >= 11 is 0. The van der Waals surface area contributed by atoms with Crippen LogP contribution in [-0.2, 0) is 5.92 Å². The lowest BCUT2D eigenvalue weighted by Gasteiger charge is -2.12. The lowest BCUT2D eigenvalue weighted by Crippen LogP contribution is -2.12. The van der Waals surface area contributed by atoms with Gasteiger partial charge in [-0.05, 0) is 0 Å². The summed E-state index contributed by atoms with van der Waals surface area (Å²) in [4.78, 5) is 0. The minimum atomic E-state index is -3.57. The average molecular weight is 172 g/mol. The average Bonchev–Trinajstić information content (AvgIpc) is 2.06. The molecule has 0 spiro atoms. The molecule has 1 rings (SSSR count). The maximum atomic E-state index is 12.8. The molecule has 0 fully saturated rings. The molecule has 1 aromatic carbocycles. The van der Waals surface area contributed by atoms with Crippen LogP contribution in [0.5, 0.6) is 0 Å². The summed E-state index contributed by atoms with van der Waals surface area (Å²) in [7, 11) is 0. The number of hydrogen-bond donors (Lipinski definition) is 0. The molecule has 0 aromatic heterocycles. The van der Waals surface area contributed by atoms with Gasteiger partial charge in [-0.1, -0.05) is 36.9 Å². The zero-order valence-electron chi connectivity index (χ0n) is 6.23. The summed E-state index contributed by atoms with van der Waals surface area (Å²) in [5.74, 6) is -5.20. The van der Waals surface area contributed by atoms with Crippen molar-refractivity contribution >= 4 is 0 Å². The predicted molar refractivity (Wildman–Crippen MR) is 40.6 cm³/mol. The molecule has 1 aromatic rings. The van der Waals surface area contributed by atoms with Crippen molar-refractivity contribution in [2.24, 2.45) is 0 Å². The molecule has 0 aliphatic heterocycles. The SMILES string of the molecule is C=C(F)C(F)(F)c1ccccc1. The third-order valence-electron chi connectivity index (χ3n) is 1.48. The fraction of sp³-hybridized carbons (Fsp3) is 0.111.